The molecular weight excluding hydrogens is 492 g/mol. The minimum atomic E-state index is -0.757. The van der Waals surface area contributed by atoms with Crippen molar-refractivity contribution in [2.45, 2.75) is 38.0 Å². The third-order valence-corrected chi connectivity index (χ3v) is 6.47. The van der Waals surface area contributed by atoms with Crippen molar-refractivity contribution < 1.29 is 28.7 Å². The number of methoxy groups -OCH3 is 1. The Hall–Kier alpha value is -3.64. The number of alkyl carbamates (subject to hydrolysis) is 1. The van der Waals surface area contributed by atoms with Crippen LogP contribution in [0.3, 0.4) is 0 Å². The topological polar surface area (TPSA) is 124 Å². The van der Waals surface area contributed by atoms with Crippen LogP contribution in [0.4, 0.5) is 9.59 Å². The summed E-state index contributed by atoms with van der Waals surface area (Å²) in [5.74, 6) is -0.396. The number of nitrogens with zero attached hydrogens (tertiary/aromatic N) is 4. The molecule has 5 amide bonds. The number of piperazine rings is 1. The molecule has 2 aliphatic rings. The fraction of sp³-hybridized carbons (Fsp3) is 0.538. The van der Waals surface area contributed by atoms with Crippen molar-refractivity contribution in [3.8, 4) is 0 Å². The molecule has 1 aromatic rings. The highest BCUT2D eigenvalue weighted by molar-refractivity contribution is 5.91. The summed E-state index contributed by atoms with van der Waals surface area (Å²) < 4.78 is 10.1. The van der Waals surface area contributed by atoms with E-state index in [0.717, 1.165) is 5.56 Å². The number of carbonyl (C=O) groups is 4. The average molecular weight is 531 g/mol. The number of likely N-dealkylation sites (N-methyl/N-ethyl adjacent to an activating group) is 1. The number of hydrogen-bond donors (Lipinski definition) is 2. The van der Waals surface area contributed by atoms with Crippen LogP contribution >= 0.6 is 0 Å². The molecule has 2 saturated heterocycles. The van der Waals surface area contributed by atoms with Crippen LogP contribution in [0.15, 0.2) is 43.0 Å². The maximum Gasteiger partial charge on any atom is 0.407 e. The molecule has 0 radical (unpaired) electrons. The molecule has 0 spiro atoms. The maximum absolute atomic E-state index is 13.5. The van der Waals surface area contributed by atoms with Crippen LogP contribution in [0.1, 0.15) is 24.8 Å². The van der Waals surface area contributed by atoms with Gasteiger partial charge in [0.15, 0.2) is 0 Å². The van der Waals surface area contributed by atoms with E-state index < -0.39 is 18.3 Å². The number of ether oxygens (including phenoxy) is 2. The van der Waals surface area contributed by atoms with E-state index in [-0.39, 0.29) is 44.1 Å². The molecule has 0 bridgehead atoms. The SMILES string of the molecule is C=CCOC(=O)NCCC[C@H]1C(=O)N(CCCOC)C[C@H]2N1C(=O)CN(C)N2C(=O)NCc1ccccc1. The Morgan fingerprint density at radius 1 is 1.16 bits per heavy atom. The summed E-state index contributed by atoms with van der Waals surface area (Å²) in [4.78, 5) is 55.0. The smallest absolute Gasteiger partial charge is 0.407 e. The standard InChI is InChI=1S/C26H38N6O6/c1-4-15-38-26(36)27-13-8-12-21-24(34)30(14-9-16-37-3)18-22-31(21)23(33)19-29(2)32(22)25(35)28-17-20-10-6-5-7-11-20/h4-7,10-11,21-22H,1,8-9,12-19H2,2-3H3,(H,27,36)(H,28,35)/t21-,22-/m0/s1. The molecule has 0 aromatic heterocycles. The lowest BCUT2D eigenvalue weighted by molar-refractivity contribution is -0.187. The van der Waals surface area contributed by atoms with Crippen molar-refractivity contribution in [3.05, 3.63) is 48.6 Å². The molecule has 2 atom stereocenters. The van der Waals surface area contributed by atoms with E-state index in [1.54, 1.807) is 24.1 Å². The normalized spacial score (nSPS) is 19.7. The molecule has 1 aromatic carbocycles. The third-order valence-electron chi connectivity index (χ3n) is 6.47. The molecule has 3 rings (SSSR count). The zero-order valence-electron chi connectivity index (χ0n) is 22.1. The molecule has 0 aliphatic carbocycles. The lowest BCUT2D eigenvalue weighted by Crippen LogP contribution is -2.76. The van der Waals surface area contributed by atoms with E-state index in [2.05, 4.69) is 17.2 Å². The van der Waals surface area contributed by atoms with E-state index in [0.29, 0.717) is 39.0 Å². The summed E-state index contributed by atoms with van der Waals surface area (Å²) in [6.45, 7) is 5.30. The first-order valence-electron chi connectivity index (χ1n) is 12.8. The fourth-order valence-corrected chi connectivity index (χ4v) is 4.71. The summed E-state index contributed by atoms with van der Waals surface area (Å²) in [7, 11) is 3.29. The summed E-state index contributed by atoms with van der Waals surface area (Å²) in [6.07, 6.45) is 1.63. The maximum atomic E-state index is 13.5. The minimum absolute atomic E-state index is 0.0329. The van der Waals surface area contributed by atoms with E-state index in [1.807, 2.05) is 30.3 Å². The highest BCUT2D eigenvalue weighted by atomic mass is 16.5. The molecule has 2 heterocycles. The lowest BCUT2D eigenvalue weighted by Gasteiger charge is -2.54. The van der Waals surface area contributed by atoms with Crippen LogP contribution < -0.4 is 10.6 Å². The molecule has 0 unspecified atom stereocenters. The lowest BCUT2D eigenvalue weighted by atomic mass is 10.0. The van der Waals surface area contributed by atoms with E-state index in [9.17, 15) is 19.2 Å². The van der Waals surface area contributed by atoms with Crippen LogP contribution in [0.5, 0.6) is 0 Å². The molecular formula is C26H38N6O6. The quantitative estimate of drug-likeness (QED) is 0.307. The number of hydrogen-bond acceptors (Lipinski definition) is 7. The van der Waals surface area contributed by atoms with Gasteiger partial charge in [-0.05, 0) is 24.8 Å². The van der Waals surface area contributed by atoms with Crippen molar-refractivity contribution in [1.29, 1.82) is 0 Å². The number of nitrogens with one attached hydrogen (secondary N) is 2. The minimum Gasteiger partial charge on any atom is -0.445 e. The highest BCUT2D eigenvalue weighted by Crippen LogP contribution is 2.28. The van der Waals surface area contributed by atoms with Crippen molar-refractivity contribution in [1.82, 2.24) is 30.5 Å². The van der Waals surface area contributed by atoms with Crippen molar-refractivity contribution in [3.63, 3.8) is 0 Å². The van der Waals surface area contributed by atoms with E-state index in [4.69, 9.17) is 9.47 Å². The summed E-state index contributed by atoms with van der Waals surface area (Å²) in [5.41, 5.74) is 0.949. The van der Waals surface area contributed by atoms with Crippen LogP contribution in [0, 0.1) is 0 Å². The van der Waals surface area contributed by atoms with Gasteiger partial charge in [-0.25, -0.2) is 19.6 Å². The zero-order valence-corrected chi connectivity index (χ0v) is 22.1. The van der Waals surface area contributed by atoms with Gasteiger partial charge in [0.2, 0.25) is 11.8 Å². The van der Waals surface area contributed by atoms with Crippen LogP contribution in [0.25, 0.3) is 0 Å². The first kappa shape index (κ1) is 28.9. The molecule has 208 valence electrons. The van der Waals surface area contributed by atoms with Gasteiger partial charge < -0.3 is 29.9 Å². The van der Waals surface area contributed by atoms with Gasteiger partial charge in [0.05, 0.1) is 13.1 Å². The van der Waals surface area contributed by atoms with Gasteiger partial charge in [-0.2, -0.15) is 0 Å². The van der Waals surface area contributed by atoms with Gasteiger partial charge in [0.1, 0.15) is 18.8 Å². The molecule has 2 N–H and O–H groups in total. The Bertz CT molecular complexity index is 976. The predicted molar refractivity (Wildman–Crippen MR) is 139 cm³/mol. The van der Waals surface area contributed by atoms with Crippen molar-refractivity contribution in [2.24, 2.45) is 0 Å². The van der Waals surface area contributed by atoms with Gasteiger partial charge in [0.25, 0.3) is 0 Å². The second kappa shape index (κ2) is 14.3. The van der Waals surface area contributed by atoms with Gasteiger partial charge in [-0.15, -0.1) is 0 Å². The number of amides is 5. The molecule has 0 saturated carbocycles. The molecule has 2 aliphatic heterocycles. The monoisotopic (exact) mass is 530 g/mol. The number of hydrazine groups is 1. The van der Waals surface area contributed by atoms with Gasteiger partial charge in [-0.3, -0.25) is 9.59 Å². The third kappa shape index (κ3) is 7.45. The largest absolute Gasteiger partial charge is 0.445 e. The summed E-state index contributed by atoms with van der Waals surface area (Å²) in [6, 6.07) is 8.44. The zero-order chi connectivity index (χ0) is 27.5. The number of carbonyl (C=O) groups excluding carboxylic acids is 4. The van der Waals surface area contributed by atoms with Gasteiger partial charge in [-0.1, -0.05) is 43.0 Å². The van der Waals surface area contributed by atoms with Crippen LogP contribution in [-0.2, 0) is 25.6 Å². The number of rotatable bonds is 12. The number of urea groups is 1. The van der Waals surface area contributed by atoms with Gasteiger partial charge in [0, 0.05) is 40.4 Å². The molecule has 12 heteroatoms. The first-order chi connectivity index (χ1) is 18.4. The first-order valence-corrected chi connectivity index (χ1v) is 12.8. The summed E-state index contributed by atoms with van der Waals surface area (Å²) in [5, 5.41) is 8.70. The van der Waals surface area contributed by atoms with E-state index in [1.165, 1.54) is 16.0 Å². The average Bonchev–Trinajstić information content (AvgIpc) is 2.90. The number of fused-ring (bicyclic) bond motifs is 1. The van der Waals surface area contributed by atoms with E-state index >= 15 is 0 Å². The van der Waals surface area contributed by atoms with Gasteiger partial charge >= 0.3 is 12.1 Å². The highest BCUT2D eigenvalue weighted by Gasteiger charge is 2.50. The van der Waals surface area contributed by atoms with Crippen molar-refractivity contribution >= 4 is 23.9 Å². The second-order valence-electron chi connectivity index (χ2n) is 9.19. The Kier molecular flexibility index (Phi) is 10.9. The molecule has 2 fully saturated rings. The Labute approximate surface area is 223 Å². The van der Waals surface area contributed by atoms with Crippen LogP contribution in [0.2, 0.25) is 0 Å². The van der Waals surface area contributed by atoms with Crippen molar-refractivity contribution in [2.75, 3.05) is 53.6 Å². The Morgan fingerprint density at radius 3 is 2.63 bits per heavy atom. The Morgan fingerprint density at radius 2 is 1.92 bits per heavy atom. The van der Waals surface area contributed by atoms with Crippen LogP contribution in [-0.4, -0.2) is 110 Å². The fourth-order valence-electron chi connectivity index (χ4n) is 4.71. The summed E-state index contributed by atoms with van der Waals surface area (Å²) >= 11 is 0. The number of benzene rings is 1. The predicted octanol–water partition coefficient (Wildman–Crippen LogP) is 1.15. The molecule has 12 nitrogen and oxygen atoms in total. The molecule has 38 heavy (non-hydrogen) atoms. The Balaban J connectivity index is 1.74. The second-order valence-corrected chi connectivity index (χ2v) is 9.19.